The van der Waals surface area contributed by atoms with E-state index in [2.05, 4.69) is 11.3 Å². The van der Waals surface area contributed by atoms with Crippen LogP contribution in [0.25, 0.3) is 16.7 Å². The summed E-state index contributed by atoms with van der Waals surface area (Å²) in [6, 6.07) is 16.2. The molecule has 0 amide bonds. The van der Waals surface area contributed by atoms with Crippen LogP contribution in [0.15, 0.2) is 61.2 Å². The highest BCUT2D eigenvalue weighted by atomic mass is 19.4. The summed E-state index contributed by atoms with van der Waals surface area (Å²) in [5, 5.41) is 9.95. The van der Waals surface area contributed by atoms with E-state index in [-0.39, 0.29) is 12.2 Å². The van der Waals surface area contributed by atoms with Crippen LogP contribution in [-0.4, -0.2) is 29.5 Å². The maximum atomic E-state index is 13.2. The second kappa shape index (κ2) is 7.74. The van der Waals surface area contributed by atoms with E-state index in [1.165, 1.54) is 6.92 Å². The Morgan fingerprint density at radius 2 is 1.58 bits per heavy atom. The Bertz CT molecular complexity index is 767. The zero-order valence-electron chi connectivity index (χ0n) is 14.2. The minimum absolute atomic E-state index is 0.0162. The number of rotatable bonds is 6. The molecule has 0 bridgehead atoms. The fourth-order valence-electron chi connectivity index (χ4n) is 2.48. The molecule has 2 aromatic carbocycles. The standard InChI is InChI=1S/C20H19F3O3/c1-3-26-18(24)19(25,20(21,22)23)13-14(2)15-9-11-17(12-10-15)16-7-5-4-6-8-16/h4-12,25H,2-3,13H2,1H3/t19-/m1/s1. The molecule has 1 N–H and O–H groups in total. The van der Waals surface area contributed by atoms with Crippen LogP contribution >= 0.6 is 0 Å². The van der Waals surface area contributed by atoms with Gasteiger partial charge in [-0.15, -0.1) is 0 Å². The van der Waals surface area contributed by atoms with Gasteiger partial charge in [-0.25, -0.2) is 4.79 Å². The number of ether oxygens (including phenoxy) is 1. The molecule has 2 aromatic rings. The minimum Gasteiger partial charge on any atom is -0.464 e. The van der Waals surface area contributed by atoms with E-state index in [9.17, 15) is 23.1 Å². The lowest BCUT2D eigenvalue weighted by atomic mass is 9.90. The van der Waals surface area contributed by atoms with Gasteiger partial charge in [0.05, 0.1) is 6.61 Å². The molecule has 0 saturated heterocycles. The molecule has 0 fully saturated rings. The Labute approximate surface area is 149 Å². The fourth-order valence-corrected chi connectivity index (χ4v) is 2.48. The quantitative estimate of drug-likeness (QED) is 0.761. The van der Waals surface area contributed by atoms with Crippen LogP contribution in [0.3, 0.4) is 0 Å². The molecule has 26 heavy (non-hydrogen) atoms. The first-order valence-electron chi connectivity index (χ1n) is 7.99. The predicted molar refractivity (Wildman–Crippen MR) is 93.2 cm³/mol. The van der Waals surface area contributed by atoms with Crippen LogP contribution in [-0.2, 0) is 9.53 Å². The van der Waals surface area contributed by atoms with Crippen molar-refractivity contribution < 1.29 is 27.8 Å². The molecule has 0 aliphatic heterocycles. The van der Waals surface area contributed by atoms with Crippen LogP contribution < -0.4 is 0 Å². The van der Waals surface area contributed by atoms with Crippen molar-refractivity contribution in [2.75, 3.05) is 6.61 Å². The molecule has 0 heterocycles. The number of hydrogen-bond donors (Lipinski definition) is 1. The Balaban J connectivity index is 2.23. The van der Waals surface area contributed by atoms with Gasteiger partial charge in [-0.2, -0.15) is 13.2 Å². The average molecular weight is 364 g/mol. The zero-order valence-corrected chi connectivity index (χ0v) is 14.2. The lowest BCUT2D eigenvalue weighted by Gasteiger charge is -2.28. The van der Waals surface area contributed by atoms with Crippen LogP contribution in [0.5, 0.6) is 0 Å². The molecule has 2 rings (SSSR count). The molecule has 0 aliphatic carbocycles. The van der Waals surface area contributed by atoms with Gasteiger partial charge in [-0.3, -0.25) is 0 Å². The summed E-state index contributed by atoms with van der Waals surface area (Å²) in [6.45, 7) is 4.70. The van der Waals surface area contributed by atoms with E-state index >= 15 is 0 Å². The Hall–Kier alpha value is -2.60. The summed E-state index contributed by atoms with van der Waals surface area (Å²) >= 11 is 0. The summed E-state index contributed by atoms with van der Waals surface area (Å²) in [5.74, 6) is -1.73. The SMILES string of the molecule is C=C(C[C@@](O)(C(=O)OCC)C(F)(F)F)c1ccc(-c2ccccc2)cc1. The van der Waals surface area contributed by atoms with Crippen molar-refractivity contribution in [1.29, 1.82) is 0 Å². The molecule has 1 atom stereocenters. The highest BCUT2D eigenvalue weighted by Crippen LogP contribution is 2.38. The summed E-state index contributed by atoms with van der Waals surface area (Å²) in [6.07, 6.45) is -6.17. The molecule has 0 spiro atoms. The highest BCUT2D eigenvalue weighted by molar-refractivity contribution is 5.84. The third-order valence-electron chi connectivity index (χ3n) is 3.95. The van der Waals surface area contributed by atoms with Crippen LogP contribution in [0, 0.1) is 0 Å². The summed E-state index contributed by atoms with van der Waals surface area (Å²) in [7, 11) is 0. The first-order chi connectivity index (χ1) is 12.2. The van der Waals surface area contributed by atoms with E-state index in [1.54, 1.807) is 24.3 Å². The van der Waals surface area contributed by atoms with E-state index in [0.717, 1.165) is 11.1 Å². The van der Waals surface area contributed by atoms with Gasteiger partial charge in [0.2, 0.25) is 0 Å². The van der Waals surface area contributed by atoms with E-state index in [0.29, 0.717) is 5.56 Å². The Kier molecular flexibility index (Phi) is 5.87. The molecule has 0 unspecified atom stereocenters. The molecule has 6 heteroatoms. The van der Waals surface area contributed by atoms with Crippen LogP contribution in [0.1, 0.15) is 18.9 Å². The fraction of sp³-hybridized carbons (Fsp3) is 0.250. The van der Waals surface area contributed by atoms with Crippen molar-refractivity contribution in [3.8, 4) is 11.1 Å². The highest BCUT2D eigenvalue weighted by Gasteiger charge is 2.60. The van der Waals surface area contributed by atoms with Gasteiger partial charge in [0.1, 0.15) is 0 Å². The van der Waals surface area contributed by atoms with Gasteiger partial charge < -0.3 is 9.84 Å². The number of benzene rings is 2. The normalized spacial score (nSPS) is 13.7. The number of alkyl halides is 3. The lowest BCUT2D eigenvalue weighted by molar-refractivity contribution is -0.260. The molecule has 0 radical (unpaired) electrons. The number of aliphatic hydroxyl groups is 1. The lowest BCUT2D eigenvalue weighted by Crippen LogP contribution is -2.53. The van der Waals surface area contributed by atoms with Crippen LogP contribution in [0.4, 0.5) is 13.2 Å². The number of carbonyl (C=O) groups excluding carboxylic acids is 1. The Morgan fingerprint density at radius 1 is 1.04 bits per heavy atom. The van der Waals surface area contributed by atoms with Crippen LogP contribution in [0.2, 0.25) is 0 Å². The van der Waals surface area contributed by atoms with Crippen molar-refractivity contribution in [2.45, 2.75) is 25.1 Å². The van der Waals surface area contributed by atoms with Crippen molar-refractivity contribution in [1.82, 2.24) is 0 Å². The minimum atomic E-state index is -5.17. The number of carbonyl (C=O) groups is 1. The van der Waals surface area contributed by atoms with Gasteiger partial charge in [0.25, 0.3) is 5.60 Å². The van der Waals surface area contributed by atoms with Crippen molar-refractivity contribution in [2.24, 2.45) is 0 Å². The topological polar surface area (TPSA) is 46.5 Å². The Morgan fingerprint density at radius 3 is 2.08 bits per heavy atom. The van der Waals surface area contributed by atoms with Gasteiger partial charge in [0, 0.05) is 6.42 Å². The molecule has 0 aromatic heterocycles. The molecule has 0 saturated carbocycles. The first-order valence-corrected chi connectivity index (χ1v) is 7.99. The molecule has 138 valence electrons. The summed E-state index contributed by atoms with van der Waals surface area (Å²) in [5.41, 5.74) is -1.39. The predicted octanol–water partition coefficient (Wildman–Crippen LogP) is 4.61. The monoisotopic (exact) mass is 364 g/mol. The van der Waals surface area contributed by atoms with Gasteiger partial charge >= 0.3 is 12.1 Å². The molecular formula is C20H19F3O3. The largest absolute Gasteiger partial charge is 0.464 e. The third kappa shape index (κ3) is 4.14. The first kappa shape index (κ1) is 19.7. The van der Waals surface area contributed by atoms with Crippen molar-refractivity contribution in [3.05, 3.63) is 66.7 Å². The molecule has 0 aliphatic rings. The third-order valence-corrected chi connectivity index (χ3v) is 3.95. The van der Waals surface area contributed by atoms with Gasteiger partial charge in [-0.1, -0.05) is 61.2 Å². The zero-order chi connectivity index (χ0) is 19.4. The molecule has 3 nitrogen and oxygen atoms in total. The number of hydrogen-bond acceptors (Lipinski definition) is 3. The van der Waals surface area contributed by atoms with Crippen molar-refractivity contribution in [3.63, 3.8) is 0 Å². The van der Waals surface area contributed by atoms with E-state index < -0.39 is 24.2 Å². The smallest absolute Gasteiger partial charge is 0.428 e. The van der Waals surface area contributed by atoms with Gasteiger partial charge in [0.15, 0.2) is 0 Å². The van der Waals surface area contributed by atoms with Gasteiger partial charge in [-0.05, 0) is 29.2 Å². The molecular weight excluding hydrogens is 345 g/mol. The maximum Gasteiger partial charge on any atom is 0.428 e. The number of esters is 1. The van der Waals surface area contributed by atoms with E-state index in [1.807, 2.05) is 30.3 Å². The van der Waals surface area contributed by atoms with E-state index in [4.69, 9.17) is 0 Å². The second-order valence-corrected chi connectivity index (χ2v) is 5.80. The maximum absolute atomic E-state index is 13.2. The summed E-state index contributed by atoms with van der Waals surface area (Å²) < 4.78 is 44.1. The average Bonchev–Trinajstić information content (AvgIpc) is 2.61. The van der Waals surface area contributed by atoms with Crippen molar-refractivity contribution >= 4 is 11.5 Å². The second-order valence-electron chi connectivity index (χ2n) is 5.80. The number of halogens is 3. The summed E-state index contributed by atoms with van der Waals surface area (Å²) in [4.78, 5) is 11.7.